The molecule has 1 aromatic carbocycles. The largest absolute Gasteiger partial charge is 0.323 e. The van der Waals surface area contributed by atoms with Gasteiger partial charge in [-0.05, 0) is 31.2 Å². The van der Waals surface area contributed by atoms with Crippen LogP contribution < -0.4 is 5.32 Å². The third-order valence-corrected chi connectivity index (χ3v) is 3.91. The number of carbonyl (C=O) groups is 1. The number of benzene rings is 1. The van der Waals surface area contributed by atoms with Crippen molar-refractivity contribution in [3.8, 4) is 0 Å². The van der Waals surface area contributed by atoms with Gasteiger partial charge in [-0.3, -0.25) is 4.79 Å². The van der Waals surface area contributed by atoms with Crippen molar-refractivity contribution in [2.75, 3.05) is 11.1 Å². The van der Waals surface area contributed by atoms with Crippen LogP contribution >= 0.6 is 11.8 Å². The minimum atomic E-state index is -0.289. The molecule has 1 amide bonds. The van der Waals surface area contributed by atoms with Crippen LogP contribution in [0.3, 0.4) is 0 Å². The smallest absolute Gasteiger partial charge is 0.234 e. The van der Waals surface area contributed by atoms with Crippen LogP contribution in [0.4, 0.5) is 10.1 Å². The molecule has 112 valence electrons. The number of anilines is 1. The molecule has 0 aliphatic carbocycles. The number of nitrogens with zero attached hydrogens (tertiary/aromatic N) is 3. The number of aromatic nitrogens is 3. The Kier molecular flexibility index (Phi) is 4.06. The monoisotopic (exact) mass is 316 g/mol. The summed E-state index contributed by atoms with van der Waals surface area (Å²) in [6, 6.07) is 7.90. The zero-order valence-corrected chi connectivity index (χ0v) is 12.6. The number of hydrogen-bond acceptors (Lipinski definition) is 4. The van der Waals surface area contributed by atoms with E-state index in [1.165, 1.54) is 23.9 Å². The lowest BCUT2D eigenvalue weighted by atomic mass is 10.4. The van der Waals surface area contributed by atoms with E-state index in [9.17, 15) is 9.18 Å². The number of nitrogens with one attached hydrogen (secondary N) is 1. The second-order valence-corrected chi connectivity index (χ2v) is 5.77. The third-order valence-electron chi connectivity index (χ3n) is 2.90. The number of rotatable bonds is 4. The Morgan fingerprint density at radius 2 is 2.14 bits per heavy atom. The molecule has 0 radical (unpaired) electrons. The van der Waals surface area contributed by atoms with Gasteiger partial charge in [0.2, 0.25) is 5.91 Å². The summed E-state index contributed by atoms with van der Waals surface area (Å²) in [5.41, 5.74) is 2.18. The van der Waals surface area contributed by atoms with E-state index in [2.05, 4.69) is 15.4 Å². The minimum Gasteiger partial charge on any atom is -0.323 e. The average molecular weight is 316 g/mol. The third kappa shape index (κ3) is 3.43. The first-order chi connectivity index (χ1) is 10.6. The molecular weight excluding hydrogens is 303 g/mol. The average Bonchev–Trinajstić information content (AvgIpc) is 2.86. The number of thioether (sulfide) groups is 1. The van der Waals surface area contributed by atoms with E-state index in [0.717, 1.165) is 16.2 Å². The van der Waals surface area contributed by atoms with Gasteiger partial charge in [0.15, 0.2) is 5.65 Å². The molecule has 0 atom stereocenters. The summed E-state index contributed by atoms with van der Waals surface area (Å²) >= 11 is 1.34. The van der Waals surface area contributed by atoms with Crippen LogP contribution in [-0.4, -0.2) is 26.3 Å². The van der Waals surface area contributed by atoms with Crippen LogP contribution in [0, 0.1) is 12.7 Å². The highest BCUT2D eigenvalue weighted by Gasteiger charge is 2.06. The maximum Gasteiger partial charge on any atom is 0.234 e. The maximum atomic E-state index is 12.8. The highest BCUT2D eigenvalue weighted by Crippen LogP contribution is 2.18. The lowest BCUT2D eigenvalue weighted by molar-refractivity contribution is -0.113. The summed E-state index contributed by atoms with van der Waals surface area (Å²) in [5.74, 6) is -0.205. The first-order valence-electron chi connectivity index (χ1n) is 6.60. The van der Waals surface area contributed by atoms with Gasteiger partial charge in [0.05, 0.1) is 29.5 Å². The number of hydrogen-bond donors (Lipinski definition) is 1. The Morgan fingerprint density at radius 3 is 2.91 bits per heavy atom. The highest BCUT2D eigenvalue weighted by atomic mass is 32.2. The molecule has 0 spiro atoms. The zero-order chi connectivity index (χ0) is 15.5. The molecular formula is C15H13FN4OS. The molecule has 0 aliphatic rings. The standard InChI is InChI=1S/C15H13FN4OS/c1-10-6-14-17-7-12(8-20(14)19-10)18-15(21)9-22-13-4-2-11(16)3-5-13/h2-8H,9H2,1H3,(H,18,21). The molecule has 7 heteroatoms. The fourth-order valence-electron chi connectivity index (χ4n) is 1.94. The Morgan fingerprint density at radius 1 is 1.36 bits per heavy atom. The Balaban J connectivity index is 1.61. The summed E-state index contributed by atoms with van der Waals surface area (Å²) in [6.07, 6.45) is 3.31. The summed E-state index contributed by atoms with van der Waals surface area (Å²) in [4.78, 5) is 17.0. The van der Waals surface area contributed by atoms with Crippen molar-refractivity contribution >= 4 is 29.0 Å². The lowest BCUT2D eigenvalue weighted by Crippen LogP contribution is -2.14. The predicted octanol–water partition coefficient (Wildman–Crippen LogP) is 2.91. The van der Waals surface area contributed by atoms with Crippen LogP contribution in [0.15, 0.2) is 47.6 Å². The number of halogens is 1. The first kappa shape index (κ1) is 14.5. The van der Waals surface area contributed by atoms with Gasteiger partial charge >= 0.3 is 0 Å². The maximum absolute atomic E-state index is 12.8. The van der Waals surface area contributed by atoms with Gasteiger partial charge in [0, 0.05) is 11.0 Å². The van der Waals surface area contributed by atoms with Crippen LogP contribution in [-0.2, 0) is 4.79 Å². The fraction of sp³-hybridized carbons (Fsp3) is 0.133. The van der Waals surface area contributed by atoms with Crippen molar-refractivity contribution in [1.29, 1.82) is 0 Å². The van der Waals surface area contributed by atoms with Gasteiger partial charge in [-0.2, -0.15) is 5.10 Å². The van der Waals surface area contributed by atoms with Gasteiger partial charge in [-0.15, -0.1) is 11.8 Å². The van der Waals surface area contributed by atoms with Crippen molar-refractivity contribution in [2.45, 2.75) is 11.8 Å². The number of amides is 1. The van der Waals surface area contributed by atoms with Crippen LogP contribution in [0.25, 0.3) is 5.65 Å². The lowest BCUT2D eigenvalue weighted by Gasteiger charge is -2.05. The van der Waals surface area contributed by atoms with Gasteiger partial charge in [-0.1, -0.05) is 0 Å². The molecule has 22 heavy (non-hydrogen) atoms. The van der Waals surface area contributed by atoms with Crippen molar-refractivity contribution in [3.63, 3.8) is 0 Å². The molecule has 5 nitrogen and oxygen atoms in total. The van der Waals surface area contributed by atoms with Crippen molar-refractivity contribution in [1.82, 2.24) is 14.6 Å². The molecule has 2 aromatic heterocycles. The van der Waals surface area contributed by atoms with Crippen molar-refractivity contribution < 1.29 is 9.18 Å². The van der Waals surface area contributed by atoms with Gasteiger partial charge in [0.25, 0.3) is 0 Å². The molecule has 3 aromatic rings. The molecule has 0 bridgehead atoms. The summed E-state index contributed by atoms with van der Waals surface area (Å²) in [7, 11) is 0. The number of carbonyl (C=O) groups excluding carboxylic acids is 1. The molecule has 3 rings (SSSR count). The molecule has 2 heterocycles. The van der Waals surface area contributed by atoms with E-state index < -0.39 is 0 Å². The van der Waals surface area contributed by atoms with Gasteiger partial charge in [-0.25, -0.2) is 13.9 Å². The van der Waals surface area contributed by atoms with E-state index in [1.54, 1.807) is 29.0 Å². The fourth-order valence-corrected chi connectivity index (χ4v) is 2.63. The van der Waals surface area contributed by atoms with E-state index in [1.807, 2.05) is 13.0 Å². The second kappa shape index (κ2) is 6.15. The van der Waals surface area contributed by atoms with Crippen LogP contribution in [0.2, 0.25) is 0 Å². The topological polar surface area (TPSA) is 59.3 Å². The summed E-state index contributed by atoms with van der Waals surface area (Å²) in [5, 5.41) is 7.01. The zero-order valence-electron chi connectivity index (χ0n) is 11.8. The molecule has 1 N–H and O–H groups in total. The van der Waals surface area contributed by atoms with Gasteiger partial charge in [0.1, 0.15) is 5.82 Å². The minimum absolute atomic E-state index is 0.153. The normalized spacial score (nSPS) is 10.8. The van der Waals surface area contributed by atoms with E-state index >= 15 is 0 Å². The van der Waals surface area contributed by atoms with Crippen molar-refractivity contribution in [2.24, 2.45) is 0 Å². The number of aryl methyl sites for hydroxylation is 1. The summed E-state index contributed by atoms with van der Waals surface area (Å²) in [6.45, 7) is 1.88. The van der Waals surface area contributed by atoms with E-state index in [4.69, 9.17) is 0 Å². The van der Waals surface area contributed by atoms with Crippen molar-refractivity contribution in [3.05, 3.63) is 54.2 Å². The molecule has 0 unspecified atom stereocenters. The number of fused-ring (bicyclic) bond motifs is 1. The Bertz CT molecular complexity index is 816. The first-order valence-corrected chi connectivity index (χ1v) is 7.59. The summed E-state index contributed by atoms with van der Waals surface area (Å²) < 4.78 is 14.4. The quantitative estimate of drug-likeness (QED) is 0.752. The van der Waals surface area contributed by atoms with Crippen LogP contribution in [0.5, 0.6) is 0 Å². The molecule has 0 saturated heterocycles. The highest BCUT2D eigenvalue weighted by molar-refractivity contribution is 8.00. The predicted molar refractivity (Wildman–Crippen MR) is 83.5 cm³/mol. The molecule has 0 aliphatic heterocycles. The Labute approximate surface area is 130 Å². The SMILES string of the molecule is Cc1cc2ncc(NC(=O)CSc3ccc(F)cc3)cn2n1. The van der Waals surface area contributed by atoms with E-state index in [0.29, 0.717) is 5.69 Å². The van der Waals surface area contributed by atoms with Gasteiger partial charge < -0.3 is 5.32 Å². The van der Waals surface area contributed by atoms with E-state index in [-0.39, 0.29) is 17.5 Å². The van der Waals surface area contributed by atoms with Crippen LogP contribution in [0.1, 0.15) is 5.69 Å². The Hall–Kier alpha value is -2.41. The molecule has 0 saturated carbocycles. The second-order valence-electron chi connectivity index (χ2n) is 4.72. The molecule has 0 fully saturated rings.